The second kappa shape index (κ2) is 11.5. The Bertz CT molecular complexity index is 1050. The third-order valence-electron chi connectivity index (χ3n) is 4.37. The van der Waals surface area contributed by atoms with Crippen LogP contribution >= 0.6 is 63.7 Å². The molecule has 0 N–H and O–H groups in total. The summed E-state index contributed by atoms with van der Waals surface area (Å²) in [6.45, 7) is 8.02. The van der Waals surface area contributed by atoms with Crippen molar-refractivity contribution in [3.63, 3.8) is 0 Å². The van der Waals surface area contributed by atoms with Gasteiger partial charge in [-0.2, -0.15) is 0 Å². The molecule has 1 heterocycles. The minimum atomic E-state index is 0. The van der Waals surface area contributed by atoms with Gasteiger partial charge in [-0.15, -0.1) is 0 Å². The molecule has 0 amide bonds. The standard InChI is InChI=1S/C23H19Br4N3.Fe/c1-12-8-16(24)22(17(25)9-12)28-14(3)20-6-5-7-21(30-20)15(4)29-23-18(26)10-13(2)11-19(23)27;/h5-11H,1-4H3;. The molecule has 3 rings (SSSR count). The fourth-order valence-corrected chi connectivity index (χ4v) is 6.07. The number of pyridine rings is 1. The Kier molecular flexibility index (Phi) is 9.86. The Balaban J connectivity index is 0.00000341. The van der Waals surface area contributed by atoms with E-state index in [1.807, 2.05) is 45.9 Å². The molecule has 0 aliphatic heterocycles. The fraction of sp³-hybridized carbons (Fsp3) is 0.174. The average molecular weight is 713 g/mol. The van der Waals surface area contributed by atoms with Gasteiger partial charge in [0.25, 0.3) is 0 Å². The largest absolute Gasteiger partial charge is 0.249 e. The van der Waals surface area contributed by atoms with Gasteiger partial charge in [0.05, 0.1) is 34.2 Å². The average Bonchev–Trinajstić information content (AvgIpc) is 2.67. The van der Waals surface area contributed by atoms with Gasteiger partial charge < -0.3 is 0 Å². The van der Waals surface area contributed by atoms with E-state index < -0.39 is 0 Å². The van der Waals surface area contributed by atoms with Gasteiger partial charge in [0.1, 0.15) is 0 Å². The molecule has 0 radical (unpaired) electrons. The Morgan fingerprint density at radius 1 is 0.677 bits per heavy atom. The molecule has 0 atom stereocenters. The number of halogens is 4. The second-order valence-electron chi connectivity index (χ2n) is 6.96. The van der Waals surface area contributed by atoms with Gasteiger partial charge in [0, 0.05) is 35.0 Å². The normalized spacial score (nSPS) is 12.0. The quantitative estimate of drug-likeness (QED) is 0.197. The van der Waals surface area contributed by atoms with Crippen molar-refractivity contribution in [1.82, 2.24) is 4.98 Å². The molecule has 3 aromatic rings. The summed E-state index contributed by atoms with van der Waals surface area (Å²) >= 11 is 14.4. The minimum absolute atomic E-state index is 0. The number of benzene rings is 2. The van der Waals surface area contributed by atoms with Crippen molar-refractivity contribution in [3.8, 4) is 0 Å². The van der Waals surface area contributed by atoms with E-state index in [2.05, 4.69) is 88.0 Å². The predicted octanol–water partition coefficient (Wildman–Crippen LogP) is 9.03. The van der Waals surface area contributed by atoms with Crippen molar-refractivity contribution in [1.29, 1.82) is 0 Å². The SMILES string of the molecule is CC(=Nc1c(Br)cc(C)cc1Br)c1cccc(C(C)=Nc2c(Br)cc(C)cc2Br)n1.[Fe]. The van der Waals surface area contributed by atoms with Gasteiger partial charge >= 0.3 is 0 Å². The van der Waals surface area contributed by atoms with Crippen molar-refractivity contribution < 1.29 is 17.1 Å². The number of hydrogen-bond acceptors (Lipinski definition) is 3. The molecule has 0 aliphatic carbocycles. The Morgan fingerprint density at radius 3 is 1.32 bits per heavy atom. The Hall–Kier alpha value is -0.631. The summed E-state index contributed by atoms with van der Waals surface area (Å²) in [7, 11) is 0. The first-order valence-electron chi connectivity index (χ1n) is 9.15. The van der Waals surface area contributed by atoms with Gasteiger partial charge in [-0.05, 0) is 139 Å². The molecule has 0 saturated carbocycles. The first kappa shape index (κ1) is 26.6. The Morgan fingerprint density at radius 2 is 1.00 bits per heavy atom. The molecule has 3 nitrogen and oxygen atoms in total. The summed E-state index contributed by atoms with van der Waals surface area (Å²) in [6, 6.07) is 14.1. The molecular formula is C23H19Br4FeN3. The maximum Gasteiger partial charge on any atom is 0.0917 e. The van der Waals surface area contributed by atoms with E-state index in [9.17, 15) is 0 Å². The summed E-state index contributed by atoms with van der Waals surface area (Å²) < 4.78 is 3.77. The Labute approximate surface area is 227 Å². The van der Waals surface area contributed by atoms with Gasteiger partial charge in [0.2, 0.25) is 0 Å². The van der Waals surface area contributed by atoms with Gasteiger partial charge in [-0.3, -0.25) is 0 Å². The van der Waals surface area contributed by atoms with Crippen LogP contribution in [0.4, 0.5) is 11.4 Å². The number of nitrogens with zero attached hydrogens (tertiary/aromatic N) is 3. The summed E-state index contributed by atoms with van der Waals surface area (Å²) in [6.07, 6.45) is 0. The molecule has 2 aromatic carbocycles. The number of hydrogen-bond donors (Lipinski definition) is 0. The van der Waals surface area contributed by atoms with Crippen LogP contribution in [0.25, 0.3) is 0 Å². The second-order valence-corrected chi connectivity index (χ2v) is 10.4. The summed E-state index contributed by atoms with van der Waals surface area (Å²) in [5.41, 5.74) is 7.29. The predicted molar refractivity (Wildman–Crippen MR) is 141 cm³/mol. The molecule has 1 aromatic heterocycles. The third-order valence-corrected chi connectivity index (χ3v) is 6.79. The van der Waals surface area contributed by atoms with Crippen LogP contribution in [0, 0.1) is 13.8 Å². The zero-order chi connectivity index (χ0) is 22.0. The van der Waals surface area contributed by atoms with Crippen molar-refractivity contribution in [3.05, 3.63) is 82.9 Å². The maximum absolute atomic E-state index is 4.80. The number of rotatable bonds is 4. The molecule has 0 unspecified atom stereocenters. The van der Waals surface area contributed by atoms with Crippen LogP contribution in [0.15, 0.2) is 70.3 Å². The van der Waals surface area contributed by atoms with Crippen molar-refractivity contribution >= 4 is 86.5 Å². The minimum Gasteiger partial charge on any atom is -0.249 e. The van der Waals surface area contributed by atoms with E-state index in [0.29, 0.717) is 0 Å². The van der Waals surface area contributed by atoms with E-state index in [1.165, 1.54) is 0 Å². The fourth-order valence-electron chi connectivity index (χ4n) is 2.89. The van der Waals surface area contributed by atoms with Crippen LogP contribution in [-0.2, 0) is 17.1 Å². The molecule has 0 spiro atoms. The summed E-state index contributed by atoms with van der Waals surface area (Å²) in [5.74, 6) is 0. The smallest absolute Gasteiger partial charge is 0.0917 e. The molecular weight excluding hydrogens is 694 g/mol. The summed E-state index contributed by atoms with van der Waals surface area (Å²) in [4.78, 5) is 14.4. The summed E-state index contributed by atoms with van der Waals surface area (Å²) in [5, 5.41) is 0. The molecule has 8 heteroatoms. The first-order chi connectivity index (χ1) is 14.2. The van der Waals surface area contributed by atoms with Crippen LogP contribution < -0.4 is 0 Å². The zero-order valence-corrected chi connectivity index (χ0v) is 24.7. The first-order valence-corrected chi connectivity index (χ1v) is 12.3. The van der Waals surface area contributed by atoms with Gasteiger partial charge in [-0.1, -0.05) is 6.07 Å². The molecule has 0 saturated heterocycles. The molecule has 0 fully saturated rings. The number of aliphatic imine (C=N–C) groups is 2. The molecule has 0 aliphatic rings. The van der Waals surface area contributed by atoms with Gasteiger partial charge in [0.15, 0.2) is 0 Å². The van der Waals surface area contributed by atoms with Gasteiger partial charge in [-0.25, -0.2) is 15.0 Å². The van der Waals surface area contributed by atoms with Crippen LogP contribution in [0.3, 0.4) is 0 Å². The maximum atomic E-state index is 4.80. The van der Waals surface area contributed by atoms with Crippen molar-refractivity contribution in [2.75, 3.05) is 0 Å². The molecule has 31 heavy (non-hydrogen) atoms. The van der Waals surface area contributed by atoms with E-state index in [0.717, 1.165) is 63.2 Å². The van der Waals surface area contributed by atoms with E-state index in [1.54, 1.807) is 0 Å². The number of aromatic nitrogens is 1. The van der Waals surface area contributed by atoms with Crippen LogP contribution in [0.1, 0.15) is 36.4 Å². The zero-order valence-electron chi connectivity index (χ0n) is 17.2. The van der Waals surface area contributed by atoms with Crippen LogP contribution in [0.2, 0.25) is 0 Å². The van der Waals surface area contributed by atoms with Crippen molar-refractivity contribution in [2.24, 2.45) is 9.98 Å². The van der Waals surface area contributed by atoms with E-state index in [-0.39, 0.29) is 17.1 Å². The van der Waals surface area contributed by atoms with E-state index in [4.69, 9.17) is 15.0 Å². The molecule has 162 valence electrons. The third kappa shape index (κ3) is 6.68. The van der Waals surface area contributed by atoms with E-state index >= 15 is 0 Å². The number of aryl methyl sites for hydroxylation is 2. The van der Waals surface area contributed by atoms with Crippen LogP contribution in [0.5, 0.6) is 0 Å². The van der Waals surface area contributed by atoms with Crippen molar-refractivity contribution in [2.45, 2.75) is 27.7 Å². The topological polar surface area (TPSA) is 37.6 Å². The molecule has 0 bridgehead atoms. The monoisotopic (exact) mass is 709 g/mol. The van der Waals surface area contributed by atoms with Crippen LogP contribution in [-0.4, -0.2) is 16.4 Å².